The van der Waals surface area contributed by atoms with Crippen molar-refractivity contribution >= 4 is 41.0 Å². The number of phenolic OH excluding ortho intramolecular Hbond substituents is 2. The summed E-state index contributed by atoms with van der Waals surface area (Å²) in [6, 6.07) is 14.3. The topological polar surface area (TPSA) is 153 Å². The van der Waals surface area contributed by atoms with Crippen LogP contribution in [0.4, 0.5) is 10.5 Å². The van der Waals surface area contributed by atoms with Gasteiger partial charge in [-0.05, 0) is 85.3 Å². The van der Waals surface area contributed by atoms with E-state index in [9.17, 15) is 30.1 Å². The zero-order valence-electron chi connectivity index (χ0n) is 28.0. The van der Waals surface area contributed by atoms with Crippen LogP contribution in [0.25, 0.3) is 0 Å². The van der Waals surface area contributed by atoms with Gasteiger partial charge in [0, 0.05) is 22.8 Å². The lowest BCUT2D eigenvalue weighted by molar-refractivity contribution is -0.904. The SMILES string of the molecule is COc1ccc([C@H](Cc2c(Cl)c[n+](O)cc2Cl)c2cc(CN(C(=O)O[C@H]3CN4CCC3CC4)c3cccc(O)c3O)ccc2C(=O)O)cc1OC. The highest BCUT2D eigenvalue weighted by Crippen LogP contribution is 2.41. The summed E-state index contributed by atoms with van der Waals surface area (Å²) in [6.07, 6.45) is 3.46. The van der Waals surface area contributed by atoms with Crippen LogP contribution in [0.15, 0.2) is 67.0 Å². The number of benzene rings is 3. The van der Waals surface area contributed by atoms with Gasteiger partial charge in [0.1, 0.15) is 16.1 Å². The number of aromatic hydroxyl groups is 2. The quantitative estimate of drug-likeness (QED) is 0.0789. The summed E-state index contributed by atoms with van der Waals surface area (Å²) < 4.78 is 17.8. The maximum atomic E-state index is 14.0. The summed E-state index contributed by atoms with van der Waals surface area (Å²) in [6.45, 7) is 2.38. The van der Waals surface area contributed by atoms with E-state index in [0.29, 0.717) is 40.3 Å². The number of methoxy groups -OCH3 is 2. The van der Waals surface area contributed by atoms with Gasteiger partial charge >= 0.3 is 12.1 Å². The van der Waals surface area contributed by atoms with E-state index in [2.05, 4.69) is 4.90 Å². The monoisotopic (exact) mass is 738 g/mol. The first-order valence-corrected chi connectivity index (χ1v) is 17.1. The van der Waals surface area contributed by atoms with E-state index in [0.717, 1.165) is 30.7 Å². The number of piperidine rings is 3. The van der Waals surface area contributed by atoms with E-state index < -0.39 is 29.5 Å². The van der Waals surface area contributed by atoms with Gasteiger partial charge in [0.05, 0.1) is 32.0 Å². The second kappa shape index (κ2) is 15.1. The Kier molecular flexibility index (Phi) is 10.7. The summed E-state index contributed by atoms with van der Waals surface area (Å²) in [5.41, 5.74) is 1.99. The van der Waals surface area contributed by atoms with Crippen LogP contribution in [0.1, 0.15) is 51.4 Å². The summed E-state index contributed by atoms with van der Waals surface area (Å²) in [7, 11) is 3.00. The van der Waals surface area contributed by atoms with Crippen molar-refractivity contribution < 1.29 is 49.1 Å². The number of carbonyl (C=O) groups excluding carboxylic acids is 1. The van der Waals surface area contributed by atoms with E-state index in [-0.39, 0.29) is 46.3 Å². The molecule has 7 rings (SSSR count). The highest BCUT2D eigenvalue weighted by molar-refractivity contribution is 6.35. The maximum Gasteiger partial charge on any atom is 0.415 e. The standard InChI is InChI=1S/C37H37Cl2N3O9/c1-49-32-9-7-23(15-33(32)50-2)25(16-27-28(38)18-41(48)19-29(27)39)26-14-21(6-8-24(26)36(45)46)17-42(30-4-3-5-31(43)35(30)44)37(47)51-34-20-40-12-10-22(34)11-13-40/h3-9,14-15,18-19,22,25,34H,10-13,16-17,20H2,1-2H3,(H3-,43,44,45,46,48)/p+1/t25-,34-/m0/s1. The maximum absolute atomic E-state index is 14.0. The third-order valence-corrected chi connectivity index (χ3v) is 10.4. The van der Waals surface area contributed by atoms with E-state index in [1.807, 2.05) is 0 Å². The van der Waals surface area contributed by atoms with Gasteiger partial charge < -0.3 is 29.5 Å². The Morgan fingerprint density at radius 1 is 0.980 bits per heavy atom. The molecule has 3 fully saturated rings. The first-order valence-electron chi connectivity index (χ1n) is 16.3. The molecule has 1 aromatic heterocycles. The molecule has 14 heteroatoms. The minimum Gasteiger partial charge on any atom is -0.504 e. The molecule has 0 radical (unpaired) electrons. The fraction of sp³-hybridized carbons (Fsp3) is 0.324. The lowest BCUT2D eigenvalue weighted by Gasteiger charge is -2.44. The van der Waals surface area contributed by atoms with Gasteiger partial charge in [-0.2, -0.15) is 0 Å². The molecule has 4 heterocycles. The molecule has 4 N–H and O–H groups in total. The van der Waals surface area contributed by atoms with Gasteiger partial charge in [-0.15, -0.1) is 0 Å². The van der Waals surface area contributed by atoms with Crippen molar-refractivity contribution in [2.24, 2.45) is 5.92 Å². The fourth-order valence-corrected chi connectivity index (χ4v) is 7.62. The zero-order valence-corrected chi connectivity index (χ0v) is 29.5. The van der Waals surface area contributed by atoms with E-state index in [1.54, 1.807) is 30.3 Å². The number of halogens is 2. The second-order valence-electron chi connectivity index (χ2n) is 12.7. The smallest absolute Gasteiger partial charge is 0.415 e. The number of pyridine rings is 1. The van der Waals surface area contributed by atoms with Crippen LogP contribution in [-0.2, 0) is 17.7 Å². The van der Waals surface area contributed by atoms with Crippen LogP contribution < -0.4 is 19.1 Å². The van der Waals surface area contributed by atoms with Gasteiger partial charge in [-0.3, -0.25) is 15.0 Å². The molecule has 2 atom stereocenters. The number of phenols is 2. The Morgan fingerprint density at radius 2 is 1.69 bits per heavy atom. The summed E-state index contributed by atoms with van der Waals surface area (Å²) in [5, 5.41) is 42.0. The largest absolute Gasteiger partial charge is 0.504 e. The average Bonchev–Trinajstić information content (AvgIpc) is 3.11. The van der Waals surface area contributed by atoms with Crippen LogP contribution in [0.2, 0.25) is 10.0 Å². The Morgan fingerprint density at radius 3 is 2.31 bits per heavy atom. The normalized spacial score (nSPS) is 18.5. The van der Waals surface area contributed by atoms with Crippen LogP contribution in [0.5, 0.6) is 23.0 Å². The van der Waals surface area contributed by atoms with Gasteiger partial charge in [-0.1, -0.05) is 47.5 Å². The highest BCUT2D eigenvalue weighted by atomic mass is 35.5. The summed E-state index contributed by atoms with van der Waals surface area (Å²) in [5.74, 6) is -1.70. The Balaban J connectivity index is 1.44. The molecule has 0 unspecified atom stereocenters. The van der Waals surface area contributed by atoms with Gasteiger partial charge in [-0.25, -0.2) is 9.59 Å². The molecule has 3 aliphatic rings. The first kappa shape index (κ1) is 35.9. The molecule has 51 heavy (non-hydrogen) atoms. The third-order valence-electron chi connectivity index (χ3n) is 9.70. The van der Waals surface area contributed by atoms with Crippen molar-refractivity contribution in [2.75, 3.05) is 38.8 Å². The number of fused-ring (bicyclic) bond motifs is 3. The summed E-state index contributed by atoms with van der Waals surface area (Å²) >= 11 is 13.1. The van der Waals surface area contributed by atoms with Crippen LogP contribution >= 0.6 is 23.2 Å². The molecule has 0 saturated carbocycles. The van der Waals surface area contributed by atoms with Crippen LogP contribution in [0, 0.1) is 5.92 Å². The van der Waals surface area contributed by atoms with Gasteiger partial charge in [0.25, 0.3) is 0 Å². The van der Waals surface area contributed by atoms with Crippen LogP contribution in [-0.4, -0.2) is 77.4 Å². The number of anilines is 1. The lowest BCUT2D eigenvalue weighted by atomic mass is 9.82. The lowest BCUT2D eigenvalue weighted by Crippen LogP contribution is -2.53. The molecule has 3 aliphatic heterocycles. The number of hydrogen-bond donors (Lipinski definition) is 4. The first-order chi connectivity index (χ1) is 24.5. The summed E-state index contributed by atoms with van der Waals surface area (Å²) in [4.78, 5) is 30.2. The molecule has 0 spiro atoms. The minimum atomic E-state index is -1.19. The van der Waals surface area contributed by atoms with Crippen molar-refractivity contribution in [3.63, 3.8) is 0 Å². The number of carboxylic acids is 1. The average molecular weight is 740 g/mol. The minimum absolute atomic E-state index is 0.0134. The number of carboxylic acid groups (broad SMARTS) is 1. The second-order valence-corrected chi connectivity index (χ2v) is 13.5. The number of hydrogen-bond acceptors (Lipinski definition) is 9. The molecule has 1 amide bonds. The molecule has 4 aromatic rings. The Bertz CT molecular complexity index is 1930. The Hall–Kier alpha value is -4.91. The fourth-order valence-electron chi connectivity index (χ4n) is 7.01. The Labute approximate surface area is 304 Å². The van der Waals surface area contributed by atoms with Crippen LogP contribution in [0.3, 0.4) is 0 Å². The molecule has 268 valence electrons. The van der Waals surface area contributed by atoms with Crippen molar-refractivity contribution in [1.82, 2.24) is 4.90 Å². The molecule has 3 saturated heterocycles. The molecule has 3 aromatic carbocycles. The van der Waals surface area contributed by atoms with Crippen molar-refractivity contribution in [3.8, 4) is 23.0 Å². The number of carbonyl (C=O) groups is 2. The molecule has 2 bridgehead atoms. The van der Waals surface area contributed by atoms with E-state index in [4.69, 9.17) is 37.4 Å². The third kappa shape index (κ3) is 7.58. The van der Waals surface area contributed by atoms with E-state index >= 15 is 0 Å². The zero-order chi connectivity index (χ0) is 36.4. The van der Waals surface area contributed by atoms with Gasteiger partial charge in [0.2, 0.25) is 12.4 Å². The predicted molar refractivity (Wildman–Crippen MR) is 188 cm³/mol. The number of amides is 1. The number of aromatic carboxylic acids is 1. The number of nitrogens with zero attached hydrogens (tertiary/aromatic N) is 3. The molecule has 12 nitrogen and oxygen atoms in total. The number of aromatic nitrogens is 1. The molecular weight excluding hydrogens is 701 g/mol. The highest BCUT2D eigenvalue weighted by Gasteiger charge is 2.38. The van der Waals surface area contributed by atoms with Crippen molar-refractivity contribution in [1.29, 1.82) is 0 Å². The van der Waals surface area contributed by atoms with Gasteiger partial charge in [0.15, 0.2) is 23.0 Å². The molecule has 0 aliphatic carbocycles. The predicted octanol–water partition coefficient (Wildman–Crippen LogP) is 6.26. The number of rotatable bonds is 11. The number of para-hydroxylation sites is 1. The van der Waals surface area contributed by atoms with Crippen molar-refractivity contribution in [3.05, 3.63) is 105 Å². The number of ether oxygens (including phenoxy) is 3. The van der Waals surface area contributed by atoms with E-state index in [1.165, 1.54) is 55.8 Å². The van der Waals surface area contributed by atoms with Crippen molar-refractivity contribution in [2.45, 2.75) is 37.8 Å². The molecular formula is C37H38Cl2N3O9+.